The maximum Gasteiger partial charge on any atom is 0.373 e. The summed E-state index contributed by atoms with van der Waals surface area (Å²) >= 11 is 1.43. The Morgan fingerprint density at radius 1 is 1.30 bits per heavy atom. The van der Waals surface area contributed by atoms with Crippen LogP contribution in [-0.2, 0) is 0 Å². The van der Waals surface area contributed by atoms with Crippen molar-refractivity contribution < 1.29 is 4.92 Å². The third-order valence-electron chi connectivity index (χ3n) is 4.31. The lowest BCUT2D eigenvalue weighted by Gasteiger charge is -2.17. The molecular weight excluding hydrogens is 276 g/mol. The number of nitro groups is 1. The topological polar surface area (TPSA) is 63.7 Å². The molecule has 1 aliphatic heterocycles. The van der Waals surface area contributed by atoms with E-state index in [0.29, 0.717) is 22.6 Å². The van der Waals surface area contributed by atoms with Gasteiger partial charge in [0.25, 0.3) is 4.96 Å². The Kier molecular flexibility index (Phi) is 2.56. The van der Waals surface area contributed by atoms with Crippen LogP contribution in [0.2, 0.25) is 0 Å². The van der Waals surface area contributed by atoms with E-state index < -0.39 is 0 Å². The summed E-state index contributed by atoms with van der Waals surface area (Å²) in [4.78, 5) is 18.3. The Balaban J connectivity index is 1.74. The molecule has 0 saturated carbocycles. The molecule has 2 aliphatic rings. The lowest BCUT2D eigenvalue weighted by molar-refractivity contribution is -0.389. The van der Waals surface area contributed by atoms with Crippen molar-refractivity contribution >= 4 is 27.9 Å². The summed E-state index contributed by atoms with van der Waals surface area (Å²) in [6.07, 6.45) is 8.34. The number of thiazole rings is 1. The molecule has 2 aromatic rings. The van der Waals surface area contributed by atoms with Crippen molar-refractivity contribution in [2.24, 2.45) is 11.8 Å². The highest BCUT2D eigenvalue weighted by Crippen LogP contribution is 2.39. The molecule has 0 radical (unpaired) electrons. The lowest BCUT2D eigenvalue weighted by Crippen LogP contribution is -2.21. The molecule has 1 fully saturated rings. The molecule has 20 heavy (non-hydrogen) atoms. The van der Waals surface area contributed by atoms with Crippen LogP contribution < -0.4 is 4.90 Å². The number of anilines is 1. The second-order valence-corrected chi connectivity index (χ2v) is 6.31. The van der Waals surface area contributed by atoms with Gasteiger partial charge in [0, 0.05) is 18.5 Å². The smallest absolute Gasteiger partial charge is 0.358 e. The first kappa shape index (κ1) is 11.9. The predicted octanol–water partition coefficient (Wildman–Crippen LogP) is 2.71. The van der Waals surface area contributed by atoms with Gasteiger partial charge in [-0.25, -0.2) is 0 Å². The van der Waals surface area contributed by atoms with Gasteiger partial charge in [-0.05, 0) is 29.6 Å². The minimum absolute atomic E-state index is 0.104. The fourth-order valence-electron chi connectivity index (χ4n) is 3.33. The SMILES string of the molecule is O=[N+]([O-])c1c(N2CC3CC=CCC3C2)nc2sccn12. The van der Waals surface area contributed by atoms with Crippen LogP contribution in [0.5, 0.6) is 0 Å². The number of hydrogen-bond acceptors (Lipinski definition) is 5. The fourth-order valence-corrected chi connectivity index (χ4v) is 4.04. The molecule has 1 saturated heterocycles. The molecule has 0 aromatic carbocycles. The maximum absolute atomic E-state index is 11.4. The van der Waals surface area contributed by atoms with E-state index in [1.165, 1.54) is 11.3 Å². The summed E-state index contributed by atoms with van der Waals surface area (Å²) in [5.74, 6) is 1.86. The molecular formula is C13H14N4O2S. The average Bonchev–Trinajstić information content (AvgIpc) is 3.10. The molecule has 0 spiro atoms. The van der Waals surface area contributed by atoms with Crippen molar-refractivity contribution in [2.75, 3.05) is 18.0 Å². The van der Waals surface area contributed by atoms with Crippen molar-refractivity contribution in [2.45, 2.75) is 12.8 Å². The minimum atomic E-state index is -0.317. The molecule has 1 aliphatic carbocycles. The van der Waals surface area contributed by atoms with Gasteiger partial charge in [0.15, 0.2) is 0 Å². The van der Waals surface area contributed by atoms with E-state index in [-0.39, 0.29) is 10.7 Å². The molecule has 104 valence electrons. The summed E-state index contributed by atoms with van der Waals surface area (Å²) in [5.41, 5.74) is 0. The van der Waals surface area contributed by atoms with Crippen LogP contribution >= 0.6 is 11.3 Å². The van der Waals surface area contributed by atoms with Crippen LogP contribution in [0.1, 0.15) is 12.8 Å². The first-order valence-electron chi connectivity index (χ1n) is 6.74. The van der Waals surface area contributed by atoms with Crippen molar-refractivity contribution in [3.05, 3.63) is 33.8 Å². The van der Waals surface area contributed by atoms with Gasteiger partial charge >= 0.3 is 5.82 Å². The standard InChI is InChI=1S/C13H14N4O2S/c18-17(19)12-11(14-13-16(12)5-6-20-13)15-7-9-3-1-2-4-10(9)8-15/h1-2,5-6,9-10H,3-4,7-8H2. The van der Waals surface area contributed by atoms with Crippen LogP contribution in [0.15, 0.2) is 23.7 Å². The molecule has 0 N–H and O–H groups in total. The van der Waals surface area contributed by atoms with Crippen molar-refractivity contribution in [1.29, 1.82) is 0 Å². The van der Waals surface area contributed by atoms with Gasteiger partial charge in [-0.3, -0.25) is 0 Å². The number of nitrogens with zero attached hydrogens (tertiary/aromatic N) is 4. The van der Waals surface area contributed by atoms with E-state index in [1.54, 1.807) is 10.6 Å². The highest BCUT2D eigenvalue weighted by atomic mass is 32.1. The van der Waals surface area contributed by atoms with Crippen LogP contribution in [0.25, 0.3) is 4.96 Å². The van der Waals surface area contributed by atoms with Crippen molar-refractivity contribution in [3.8, 4) is 0 Å². The Hall–Kier alpha value is -1.89. The fraction of sp³-hybridized carbons (Fsp3) is 0.462. The summed E-state index contributed by atoms with van der Waals surface area (Å²) in [6, 6.07) is 0. The van der Waals surface area contributed by atoms with Crippen molar-refractivity contribution in [3.63, 3.8) is 0 Å². The maximum atomic E-state index is 11.4. The summed E-state index contributed by atoms with van der Waals surface area (Å²) in [6.45, 7) is 1.75. The second kappa shape index (κ2) is 4.31. The number of allylic oxidation sites excluding steroid dienone is 2. The summed E-state index contributed by atoms with van der Waals surface area (Å²) in [7, 11) is 0. The van der Waals surface area contributed by atoms with Crippen LogP contribution in [0, 0.1) is 22.0 Å². The number of rotatable bonds is 2. The van der Waals surface area contributed by atoms with Gasteiger partial charge in [0.05, 0.1) is 0 Å². The number of imidazole rings is 1. The largest absolute Gasteiger partial charge is 0.373 e. The molecule has 0 bridgehead atoms. The van der Waals surface area contributed by atoms with Gasteiger partial charge in [0.2, 0.25) is 5.82 Å². The number of aromatic nitrogens is 2. The normalized spacial score (nSPS) is 25.3. The zero-order valence-corrected chi connectivity index (χ0v) is 11.6. The Labute approximate surface area is 119 Å². The van der Waals surface area contributed by atoms with E-state index >= 15 is 0 Å². The Morgan fingerprint density at radius 3 is 2.65 bits per heavy atom. The molecule has 2 aromatic heterocycles. The molecule has 4 rings (SSSR count). The Bertz CT molecular complexity index is 688. The van der Waals surface area contributed by atoms with Crippen LogP contribution in [-0.4, -0.2) is 27.4 Å². The van der Waals surface area contributed by atoms with Gasteiger partial charge in [-0.15, -0.1) is 0 Å². The first-order valence-corrected chi connectivity index (χ1v) is 7.62. The van der Waals surface area contributed by atoms with Gasteiger partial charge in [0.1, 0.15) is 6.20 Å². The monoisotopic (exact) mass is 290 g/mol. The minimum Gasteiger partial charge on any atom is -0.358 e. The molecule has 7 heteroatoms. The molecule has 3 heterocycles. The number of hydrogen-bond donors (Lipinski definition) is 0. The zero-order chi connectivity index (χ0) is 13.7. The highest BCUT2D eigenvalue weighted by molar-refractivity contribution is 7.15. The first-order chi connectivity index (χ1) is 9.74. The number of fused-ring (bicyclic) bond motifs is 2. The Morgan fingerprint density at radius 2 is 2.00 bits per heavy atom. The lowest BCUT2D eigenvalue weighted by atomic mass is 9.86. The van der Waals surface area contributed by atoms with E-state index in [9.17, 15) is 10.1 Å². The van der Waals surface area contributed by atoms with Gasteiger partial charge in [-0.1, -0.05) is 23.5 Å². The third kappa shape index (κ3) is 1.66. The van der Waals surface area contributed by atoms with Gasteiger partial charge in [-0.2, -0.15) is 9.38 Å². The zero-order valence-electron chi connectivity index (χ0n) is 10.8. The predicted molar refractivity (Wildman–Crippen MR) is 77.3 cm³/mol. The van der Waals surface area contributed by atoms with Crippen LogP contribution in [0.4, 0.5) is 11.6 Å². The van der Waals surface area contributed by atoms with Crippen LogP contribution in [0.3, 0.4) is 0 Å². The second-order valence-electron chi connectivity index (χ2n) is 5.44. The van der Waals surface area contributed by atoms with Gasteiger partial charge < -0.3 is 15.0 Å². The van der Waals surface area contributed by atoms with Crippen molar-refractivity contribution in [1.82, 2.24) is 9.38 Å². The van der Waals surface area contributed by atoms with E-state index in [2.05, 4.69) is 22.0 Å². The highest BCUT2D eigenvalue weighted by Gasteiger charge is 2.37. The third-order valence-corrected chi connectivity index (χ3v) is 5.07. The molecule has 0 amide bonds. The molecule has 2 unspecified atom stereocenters. The summed E-state index contributed by atoms with van der Waals surface area (Å²) in [5, 5.41) is 13.2. The molecule has 2 atom stereocenters. The van der Waals surface area contributed by atoms with E-state index in [4.69, 9.17) is 0 Å². The summed E-state index contributed by atoms with van der Waals surface area (Å²) < 4.78 is 1.58. The van der Waals surface area contributed by atoms with E-state index in [1.807, 2.05) is 5.38 Å². The van der Waals surface area contributed by atoms with E-state index in [0.717, 1.165) is 25.9 Å². The molecule has 6 nitrogen and oxygen atoms in total. The quantitative estimate of drug-likeness (QED) is 0.484. The average molecular weight is 290 g/mol.